The van der Waals surface area contributed by atoms with Gasteiger partial charge in [0.15, 0.2) is 0 Å². The number of anilines is 1. The largest absolute Gasteiger partial charge is 0.466 e. The quantitative estimate of drug-likeness (QED) is 0.461. The van der Waals surface area contributed by atoms with E-state index in [4.69, 9.17) is 4.74 Å². The van der Waals surface area contributed by atoms with E-state index >= 15 is 0 Å². The average molecular weight is 317 g/mol. The van der Waals surface area contributed by atoms with Crippen LogP contribution >= 0.6 is 11.3 Å². The van der Waals surface area contributed by atoms with Crippen LogP contribution in [0.25, 0.3) is 0 Å². The zero-order chi connectivity index (χ0) is 15.6. The number of esters is 1. The molecule has 0 aliphatic carbocycles. The summed E-state index contributed by atoms with van der Waals surface area (Å²) < 4.78 is 4.89. The van der Waals surface area contributed by atoms with E-state index in [2.05, 4.69) is 27.6 Å². The molecule has 1 heterocycles. The SMILES string of the molecule is CCOC(=O)Cc1csc(NN=CCCc2ccccc2)n1. The van der Waals surface area contributed by atoms with Crippen LogP contribution in [0.15, 0.2) is 40.8 Å². The van der Waals surface area contributed by atoms with Gasteiger partial charge in [0.1, 0.15) is 0 Å². The molecule has 1 aromatic heterocycles. The van der Waals surface area contributed by atoms with Gasteiger partial charge in [-0.1, -0.05) is 30.3 Å². The van der Waals surface area contributed by atoms with Gasteiger partial charge in [-0.3, -0.25) is 10.2 Å². The molecule has 0 saturated carbocycles. The molecule has 2 aromatic rings. The predicted molar refractivity (Wildman–Crippen MR) is 89.3 cm³/mol. The smallest absolute Gasteiger partial charge is 0.311 e. The van der Waals surface area contributed by atoms with Gasteiger partial charge in [0, 0.05) is 11.6 Å². The maximum atomic E-state index is 11.3. The third kappa shape index (κ3) is 5.65. The molecule has 0 amide bonds. The Morgan fingerprint density at radius 2 is 2.23 bits per heavy atom. The van der Waals surface area contributed by atoms with Crippen LogP contribution < -0.4 is 5.43 Å². The molecule has 0 aliphatic heterocycles. The van der Waals surface area contributed by atoms with Crippen molar-refractivity contribution in [2.24, 2.45) is 5.10 Å². The van der Waals surface area contributed by atoms with Crippen molar-refractivity contribution in [3.63, 3.8) is 0 Å². The normalized spacial score (nSPS) is 10.8. The van der Waals surface area contributed by atoms with Crippen LogP contribution in [0.3, 0.4) is 0 Å². The van der Waals surface area contributed by atoms with Crippen molar-refractivity contribution in [2.75, 3.05) is 12.0 Å². The summed E-state index contributed by atoms with van der Waals surface area (Å²) in [5, 5.41) is 6.65. The molecule has 0 radical (unpaired) electrons. The van der Waals surface area contributed by atoms with Gasteiger partial charge >= 0.3 is 5.97 Å². The first-order valence-electron chi connectivity index (χ1n) is 7.19. The lowest BCUT2D eigenvalue weighted by molar-refractivity contribution is -0.142. The summed E-state index contributed by atoms with van der Waals surface area (Å²) in [5.74, 6) is -0.259. The molecule has 116 valence electrons. The zero-order valence-corrected chi connectivity index (χ0v) is 13.3. The number of thiazole rings is 1. The van der Waals surface area contributed by atoms with E-state index in [0.717, 1.165) is 12.8 Å². The van der Waals surface area contributed by atoms with Crippen molar-refractivity contribution in [3.05, 3.63) is 47.0 Å². The van der Waals surface area contributed by atoms with Crippen molar-refractivity contribution in [1.29, 1.82) is 0 Å². The van der Waals surface area contributed by atoms with Gasteiger partial charge in [0.25, 0.3) is 0 Å². The standard InChI is InChI=1S/C16H19N3O2S/c1-2-21-15(20)11-14-12-22-16(18-14)19-17-10-6-9-13-7-4-3-5-8-13/h3-5,7-8,10,12H,2,6,9,11H2,1H3,(H,18,19). The Hall–Kier alpha value is -2.21. The lowest BCUT2D eigenvalue weighted by Gasteiger charge is -1.98. The highest BCUT2D eigenvalue weighted by Crippen LogP contribution is 2.15. The molecule has 2 rings (SSSR count). The second-order valence-corrected chi connectivity index (χ2v) is 5.43. The summed E-state index contributed by atoms with van der Waals surface area (Å²) >= 11 is 1.42. The fourth-order valence-electron chi connectivity index (χ4n) is 1.84. The van der Waals surface area contributed by atoms with Gasteiger partial charge in [-0.05, 0) is 25.3 Å². The van der Waals surface area contributed by atoms with E-state index in [-0.39, 0.29) is 12.4 Å². The molecule has 5 nitrogen and oxygen atoms in total. The average Bonchev–Trinajstić information content (AvgIpc) is 2.95. The molecular formula is C16H19N3O2S. The molecular weight excluding hydrogens is 298 g/mol. The number of hydrogen-bond acceptors (Lipinski definition) is 6. The summed E-state index contributed by atoms with van der Waals surface area (Å²) in [6.45, 7) is 2.18. The molecule has 6 heteroatoms. The Bertz CT molecular complexity index is 611. The minimum atomic E-state index is -0.259. The lowest BCUT2D eigenvalue weighted by atomic mass is 10.1. The Labute approximate surface area is 134 Å². The molecule has 1 aromatic carbocycles. The highest BCUT2D eigenvalue weighted by atomic mass is 32.1. The van der Waals surface area contributed by atoms with Crippen molar-refractivity contribution < 1.29 is 9.53 Å². The number of nitrogens with one attached hydrogen (secondary N) is 1. The van der Waals surface area contributed by atoms with E-state index in [9.17, 15) is 4.79 Å². The molecule has 0 atom stereocenters. The molecule has 0 spiro atoms. The fraction of sp³-hybridized carbons (Fsp3) is 0.312. The summed E-state index contributed by atoms with van der Waals surface area (Å²) in [7, 11) is 0. The van der Waals surface area contributed by atoms with Crippen molar-refractivity contribution in [3.8, 4) is 0 Å². The third-order valence-electron chi connectivity index (χ3n) is 2.84. The summed E-state index contributed by atoms with van der Waals surface area (Å²) in [4.78, 5) is 15.6. The van der Waals surface area contributed by atoms with Crippen molar-refractivity contribution in [1.82, 2.24) is 4.98 Å². The van der Waals surface area contributed by atoms with Crippen LogP contribution in [0.1, 0.15) is 24.6 Å². The molecule has 0 aliphatic rings. The van der Waals surface area contributed by atoms with Crippen molar-refractivity contribution in [2.45, 2.75) is 26.2 Å². The number of carbonyl (C=O) groups is 1. The molecule has 0 bridgehead atoms. The van der Waals surface area contributed by atoms with Gasteiger partial charge in [-0.15, -0.1) is 11.3 Å². The van der Waals surface area contributed by atoms with Gasteiger partial charge in [-0.25, -0.2) is 4.98 Å². The first-order valence-corrected chi connectivity index (χ1v) is 8.07. The van der Waals surface area contributed by atoms with E-state index in [0.29, 0.717) is 17.4 Å². The number of hydrazone groups is 1. The highest BCUT2D eigenvalue weighted by Gasteiger charge is 2.07. The van der Waals surface area contributed by atoms with E-state index in [1.54, 1.807) is 6.92 Å². The van der Waals surface area contributed by atoms with Crippen LogP contribution in [0.5, 0.6) is 0 Å². The second-order valence-electron chi connectivity index (χ2n) is 4.57. The fourth-order valence-corrected chi connectivity index (χ4v) is 2.50. The first-order chi connectivity index (χ1) is 10.8. The number of aryl methyl sites for hydroxylation is 1. The predicted octanol–water partition coefficient (Wildman–Crippen LogP) is 3.28. The summed E-state index contributed by atoms with van der Waals surface area (Å²) in [6.07, 6.45) is 3.85. The number of hydrogen-bond donors (Lipinski definition) is 1. The monoisotopic (exact) mass is 317 g/mol. The number of benzene rings is 1. The first kappa shape index (κ1) is 16.2. The minimum Gasteiger partial charge on any atom is -0.466 e. The van der Waals surface area contributed by atoms with Gasteiger partial charge in [-0.2, -0.15) is 5.10 Å². The molecule has 0 fully saturated rings. The Morgan fingerprint density at radius 1 is 1.41 bits per heavy atom. The molecule has 22 heavy (non-hydrogen) atoms. The Balaban J connectivity index is 1.71. The van der Waals surface area contributed by atoms with E-state index in [1.807, 2.05) is 29.8 Å². The number of aromatic nitrogens is 1. The van der Waals surface area contributed by atoms with E-state index < -0.39 is 0 Å². The van der Waals surface area contributed by atoms with E-state index in [1.165, 1.54) is 16.9 Å². The number of carbonyl (C=O) groups excluding carboxylic acids is 1. The van der Waals surface area contributed by atoms with Gasteiger partial charge < -0.3 is 4.74 Å². The van der Waals surface area contributed by atoms with Crippen LogP contribution in [0.2, 0.25) is 0 Å². The zero-order valence-electron chi connectivity index (χ0n) is 12.5. The second kappa shape index (κ2) is 8.94. The number of nitrogens with zero attached hydrogens (tertiary/aromatic N) is 2. The third-order valence-corrected chi connectivity index (χ3v) is 3.63. The van der Waals surface area contributed by atoms with Gasteiger partial charge in [0.05, 0.1) is 18.7 Å². The maximum Gasteiger partial charge on any atom is 0.311 e. The Morgan fingerprint density at radius 3 is 3.00 bits per heavy atom. The molecule has 0 saturated heterocycles. The van der Waals surface area contributed by atoms with Crippen molar-refractivity contribution >= 4 is 28.7 Å². The van der Waals surface area contributed by atoms with Crippen LogP contribution in [0, 0.1) is 0 Å². The van der Waals surface area contributed by atoms with Crippen LogP contribution in [-0.2, 0) is 22.4 Å². The topological polar surface area (TPSA) is 63.6 Å². The number of ether oxygens (including phenoxy) is 1. The summed E-state index contributed by atoms with van der Waals surface area (Å²) in [6, 6.07) is 10.3. The van der Waals surface area contributed by atoms with Crippen LogP contribution in [-0.4, -0.2) is 23.8 Å². The summed E-state index contributed by atoms with van der Waals surface area (Å²) in [5.41, 5.74) is 4.87. The molecule has 1 N–H and O–H groups in total. The maximum absolute atomic E-state index is 11.3. The van der Waals surface area contributed by atoms with Crippen LogP contribution in [0.4, 0.5) is 5.13 Å². The highest BCUT2D eigenvalue weighted by molar-refractivity contribution is 7.13. The molecule has 0 unspecified atom stereocenters. The number of rotatable bonds is 8. The minimum absolute atomic E-state index is 0.198. The van der Waals surface area contributed by atoms with Gasteiger partial charge in [0.2, 0.25) is 5.13 Å². The Kier molecular flexibility index (Phi) is 6.57. The lowest BCUT2D eigenvalue weighted by Crippen LogP contribution is -2.07.